The monoisotopic (exact) mass is 359 g/mol. The summed E-state index contributed by atoms with van der Waals surface area (Å²) in [5, 5.41) is 10.3. The van der Waals surface area contributed by atoms with Crippen LogP contribution in [0.2, 0.25) is 0 Å². The molecule has 0 saturated heterocycles. The summed E-state index contributed by atoms with van der Waals surface area (Å²) in [6.45, 7) is -0.0873. The highest BCUT2D eigenvalue weighted by atomic mass is 79.9. The Morgan fingerprint density at radius 1 is 1.05 bits per heavy atom. The van der Waals surface area contributed by atoms with E-state index in [9.17, 15) is 18.3 Å². The van der Waals surface area contributed by atoms with Gasteiger partial charge in [-0.25, -0.2) is 13.2 Å². The Hall–Kier alpha value is -1.37. The van der Waals surface area contributed by atoms with Crippen LogP contribution in [0.4, 0.5) is 13.2 Å². The maximum atomic E-state index is 13.8. The third-order valence-corrected chi connectivity index (χ3v) is 3.72. The maximum absolute atomic E-state index is 13.8. The summed E-state index contributed by atoms with van der Waals surface area (Å²) >= 11 is 3.19. The van der Waals surface area contributed by atoms with Crippen molar-refractivity contribution in [2.24, 2.45) is 5.73 Å². The molecule has 0 aliphatic heterocycles. The van der Waals surface area contributed by atoms with E-state index >= 15 is 0 Å². The van der Waals surface area contributed by atoms with Crippen LogP contribution >= 0.6 is 15.9 Å². The first-order valence-electron chi connectivity index (χ1n) is 6.21. The van der Waals surface area contributed by atoms with Crippen molar-refractivity contribution in [1.29, 1.82) is 0 Å². The number of rotatable bonds is 4. The van der Waals surface area contributed by atoms with Crippen molar-refractivity contribution in [2.75, 3.05) is 6.54 Å². The molecular formula is C15H13BrF3NO. The first-order valence-corrected chi connectivity index (χ1v) is 7.00. The SMILES string of the molecule is NCC(c1cc(F)cc(F)c1)C(O)c1cc(Br)ccc1F. The van der Waals surface area contributed by atoms with Crippen LogP contribution < -0.4 is 5.73 Å². The molecule has 0 aliphatic rings. The van der Waals surface area contributed by atoms with E-state index in [-0.39, 0.29) is 17.7 Å². The Morgan fingerprint density at radius 2 is 1.67 bits per heavy atom. The van der Waals surface area contributed by atoms with E-state index in [0.29, 0.717) is 4.47 Å². The molecule has 2 unspecified atom stereocenters. The fraction of sp³-hybridized carbons (Fsp3) is 0.200. The lowest BCUT2D eigenvalue weighted by Crippen LogP contribution is -2.21. The zero-order chi connectivity index (χ0) is 15.6. The molecule has 0 bridgehead atoms. The van der Waals surface area contributed by atoms with Gasteiger partial charge < -0.3 is 10.8 Å². The second kappa shape index (κ2) is 6.60. The van der Waals surface area contributed by atoms with E-state index in [4.69, 9.17) is 5.73 Å². The summed E-state index contributed by atoms with van der Waals surface area (Å²) in [6, 6.07) is 6.99. The van der Waals surface area contributed by atoms with Gasteiger partial charge in [-0.15, -0.1) is 0 Å². The summed E-state index contributed by atoms with van der Waals surface area (Å²) in [5.74, 6) is -2.98. The van der Waals surface area contributed by atoms with Gasteiger partial charge in [-0.1, -0.05) is 15.9 Å². The molecule has 0 heterocycles. The molecule has 2 aromatic carbocycles. The fourth-order valence-corrected chi connectivity index (χ4v) is 2.57. The van der Waals surface area contributed by atoms with E-state index in [0.717, 1.165) is 18.2 Å². The predicted molar refractivity (Wildman–Crippen MR) is 77.2 cm³/mol. The van der Waals surface area contributed by atoms with Crippen LogP contribution in [0.15, 0.2) is 40.9 Å². The maximum Gasteiger partial charge on any atom is 0.129 e. The lowest BCUT2D eigenvalue weighted by Gasteiger charge is -2.23. The summed E-state index contributed by atoms with van der Waals surface area (Å²) in [4.78, 5) is 0. The van der Waals surface area contributed by atoms with Crippen molar-refractivity contribution in [3.8, 4) is 0 Å². The molecule has 2 nitrogen and oxygen atoms in total. The van der Waals surface area contributed by atoms with Crippen LogP contribution in [0.3, 0.4) is 0 Å². The van der Waals surface area contributed by atoms with Gasteiger partial charge in [0, 0.05) is 28.6 Å². The van der Waals surface area contributed by atoms with Crippen molar-refractivity contribution < 1.29 is 18.3 Å². The van der Waals surface area contributed by atoms with E-state index in [1.165, 1.54) is 18.2 Å². The molecule has 21 heavy (non-hydrogen) atoms. The van der Waals surface area contributed by atoms with E-state index < -0.39 is 29.5 Å². The largest absolute Gasteiger partial charge is 0.388 e. The first kappa shape index (κ1) is 16.0. The molecule has 0 radical (unpaired) electrons. The summed E-state index contributed by atoms with van der Waals surface area (Å²) in [6.07, 6.45) is -1.31. The Balaban J connectivity index is 2.42. The summed E-state index contributed by atoms with van der Waals surface area (Å²) in [7, 11) is 0. The van der Waals surface area contributed by atoms with Crippen LogP contribution in [0, 0.1) is 17.5 Å². The predicted octanol–water partition coefficient (Wildman–Crippen LogP) is 3.64. The van der Waals surface area contributed by atoms with Crippen molar-refractivity contribution in [3.63, 3.8) is 0 Å². The molecule has 0 fully saturated rings. The van der Waals surface area contributed by atoms with Crippen LogP contribution in [-0.4, -0.2) is 11.7 Å². The highest BCUT2D eigenvalue weighted by Gasteiger charge is 2.25. The highest BCUT2D eigenvalue weighted by molar-refractivity contribution is 9.10. The molecule has 0 aliphatic carbocycles. The molecular weight excluding hydrogens is 347 g/mol. The average molecular weight is 360 g/mol. The number of aliphatic hydroxyl groups excluding tert-OH is 1. The number of hydrogen-bond donors (Lipinski definition) is 2. The van der Waals surface area contributed by atoms with Gasteiger partial charge in [-0.2, -0.15) is 0 Å². The molecule has 6 heteroatoms. The van der Waals surface area contributed by atoms with Crippen LogP contribution in [0.1, 0.15) is 23.1 Å². The molecule has 2 atom stereocenters. The number of hydrogen-bond acceptors (Lipinski definition) is 2. The zero-order valence-electron chi connectivity index (χ0n) is 10.9. The minimum atomic E-state index is -1.31. The highest BCUT2D eigenvalue weighted by Crippen LogP contribution is 2.33. The smallest absolute Gasteiger partial charge is 0.129 e. The number of halogens is 4. The summed E-state index contributed by atoms with van der Waals surface area (Å²) in [5.41, 5.74) is 5.79. The van der Waals surface area contributed by atoms with E-state index in [1.807, 2.05) is 0 Å². The Bertz CT molecular complexity index is 631. The molecule has 0 spiro atoms. The second-order valence-corrected chi connectivity index (χ2v) is 5.57. The Morgan fingerprint density at radius 3 is 2.24 bits per heavy atom. The van der Waals surface area contributed by atoms with E-state index in [2.05, 4.69) is 15.9 Å². The Kier molecular flexibility index (Phi) is 5.03. The van der Waals surface area contributed by atoms with Gasteiger partial charge in [-0.3, -0.25) is 0 Å². The third-order valence-electron chi connectivity index (χ3n) is 3.22. The van der Waals surface area contributed by atoms with Gasteiger partial charge in [0.05, 0.1) is 6.10 Å². The summed E-state index contributed by atoms with van der Waals surface area (Å²) < 4.78 is 41.0. The molecule has 112 valence electrons. The van der Waals surface area contributed by atoms with Gasteiger partial charge in [-0.05, 0) is 35.9 Å². The van der Waals surface area contributed by atoms with Gasteiger partial charge in [0.15, 0.2) is 0 Å². The van der Waals surface area contributed by atoms with Gasteiger partial charge in [0.25, 0.3) is 0 Å². The number of nitrogens with two attached hydrogens (primary N) is 1. The lowest BCUT2D eigenvalue weighted by atomic mass is 9.89. The lowest BCUT2D eigenvalue weighted by molar-refractivity contribution is 0.143. The number of aliphatic hydroxyl groups is 1. The normalized spacial score (nSPS) is 14.0. The van der Waals surface area contributed by atoms with Crippen LogP contribution in [0.5, 0.6) is 0 Å². The van der Waals surface area contributed by atoms with Crippen molar-refractivity contribution in [2.45, 2.75) is 12.0 Å². The molecule has 2 aromatic rings. The number of benzene rings is 2. The second-order valence-electron chi connectivity index (χ2n) is 4.66. The van der Waals surface area contributed by atoms with Gasteiger partial charge >= 0.3 is 0 Å². The third kappa shape index (κ3) is 3.64. The van der Waals surface area contributed by atoms with Crippen LogP contribution in [0.25, 0.3) is 0 Å². The minimum Gasteiger partial charge on any atom is -0.388 e. The van der Waals surface area contributed by atoms with Gasteiger partial charge in [0.1, 0.15) is 17.5 Å². The van der Waals surface area contributed by atoms with E-state index in [1.54, 1.807) is 0 Å². The first-order chi connectivity index (χ1) is 9.92. The average Bonchev–Trinajstić information content (AvgIpc) is 2.41. The Labute approximate surface area is 128 Å². The zero-order valence-corrected chi connectivity index (χ0v) is 12.4. The minimum absolute atomic E-state index is 0.0181. The topological polar surface area (TPSA) is 46.2 Å². The molecule has 2 rings (SSSR count). The van der Waals surface area contributed by atoms with Crippen LogP contribution in [-0.2, 0) is 0 Å². The van der Waals surface area contributed by atoms with Crippen molar-refractivity contribution >= 4 is 15.9 Å². The quantitative estimate of drug-likeness (QED) is 0.875. The van der Waals surface area contributed by atoms with Crippen molar-refractivity contribution in [3.05, 3.63) is 69.4 Å². The van der Waals surface area contributed by atoms with Gasteiger partial charge in [0.2, 0.25) is 0 Å². The fourth-order valence-electron chi connectivity index (χ4n) is 2.19. The molecule has 0 amide bonds. The molecule has 0 aromatic heterocycles. The molecule has 3 N–H and O–H groups in total. The standard InChI is InChI=1S/C15H13BrF3NO/c16-9-1-2-14(19)12(5-9)15(21)13(7-20)8-3-10(17)6-11(18)4-8/h1-6,13,15,21H,7,20H2. The van der Waals surface area contributed by atoms with Crippen molar-refractivity contribution in [1.82, 2.24) is 0 Å². The molecule has 0 saturated carbocycles.